The summed E-state index contributed by atoms with van der Waals surface area (Å²) in [5.74, 6) is 0.264. The van der Waals surface area contributed by atoms with E-state index >= 15 is 0 Å². The van der Waals surface area contributed by atoms with E-state index in [0.717, 1.165) is 25.9 Å². The van der Waals surface area contributed by atoms with Gasteiger partial charge in [0.2, 0.25) is 5.91 Å². The Morgan fingerprint density at radius 2 is 2.21 bits per heavy atom. The minimum absolute atomic E-state index is 0.0106. The van der Waals surface area contributed by atoms with Crippen molar-refractivity contribution in [1.82, 2.24) is 4.90 Å². The molecule has 1 saturated heterocycles. The number of nitrogens with zero attached hydrogens (tertiary/aromatic N) is 1. The van der Waals surface area contributed by atoms with Crippen molar-refractivity contribution < 1.29 is 4.79 Å². The van der Waals surface area contributed by atoms with E-state index in [-0.39, 0.29) is 10.7 Å². The Hall–Kier alpha value is -0.0500. The Bertz CT molecular complexity index is 215. The Labute approximate surface area is 95.2 Å². The largest absolute Gasteiger partial charge is 0.341 e. The van der Waals surface area contributed by atoms with Crippen molar-refractivity contribution in [3.05, 3.63) is 0 Å². The molecule has 1 aliphatic rings. The van der Waals surface area contributed by atoms with E-state index in [9.17, 15) is 4.79 Å². The lowest BCUT2D eigenvalue weighted by molar-refractivity contribution is -0.133. The maximum Gasteiger partial charge on any atom is 0.236 e. The van der Waals surface area contributed by atoms with Crippen LogP contribution in [0.5, 0.6) is 0 Å². The minimum Gasteiger partial charge on any atom is -0.341 e. The first-order valence-corrected chi connectivity index (χ1v) is 6.31. The van der Waals surface area contributed by atoms with E-state index in [1.807, 2.05) is 11.8 Å². The molecule has 0 aromatic rings. The summed E-state index contributed by atoms with van der Waals surface area (Å²) in [5, 5.41) is 0. The summed E-state index contributed by atoms with van der Waals surface area (Å²) in [4.78, 5) is 13.9. The third kappa shape index (κ3) is 2.97. The molecule has 1 aliphatic heterocycles. The highest BCUT2D eigenvalue weighted by Gasteiger charge is 2.30. The molecule has 0 aliphatic carbocycles. The zero-order valence-corrected chi connectivity index (χ0v) is 10.9. The lowest BCUT2D eigenvalue weighted by Crippen LogP contribution is -2.46. The molecule has 0 N–H and O–H groups in total. The summed E-state index contributed by atoms with van der Waals surface area (Å²) in [6.07, 6.45) is 3.24. The van der Waals surface area contributed by atoms with Crippen LogP contribution in [0.4, 0.5) is 0 Å². The Balaban J connectivity index is 2.56. The van der Waals surface area contributed by atoms with Crippen molar-refractivity contribution >= 4 is 21.8 Å². The first kappa shape index (κ1) is 12.0. The van der Waals surface area contributed by atoms with Gasteiger partial charge in [0.1, 0.15) is 0 Å². The fourth-order valence-corrected chi connectivity index (χ4v) is 2.27. The molecule has 1 amide bonds. The average molecular weight is 262 g/mol. The normalized spacial score (nSPS) is 23.3. The summed E-state index contributed by atoms with van der Waals surface area (Å²) in [6.45, 7) is 8.36. The summed E-state index contributed by atoms with van der Waals surface area (Å²) >= 11 is 3.42. The number of halogens is 1. The molecule has 0 saturated carbocycles. The van der Waals surface area contributed by atoms with Crippen LogP contribution < -0.4 is 0 Å². The molecule has 82 valence electrons. The third-order valence-electron chi connectivity index (χ3n) is 2.84. The molecule has 0 aromatic heterocycles. The molecule has 3 heteroatoms. The quantitative estimate of drug-likeness (QED) is 0.701. The Kier molecular flexibility index (Phi) is 3.99. The maximum absolute atomic E-state index is 11.9. The first-order valence-electron chi connectivity index (χ1n) is 5.39. The fraction of sp³-hybridized carbons (Fsp3) is 0.909. The predicted octanol–water partition coefficient (Wildman–Crippen LogP) is 2.81. The monoisotopic (exact) mass is 261 g/mol. The van der Waals surface area contributed by atoms with Gasteiger partial charge in [-0.1, -0.05) is 36.7 Å². The van der Waals surface area contributed by atoms with E-state index in [1.165, 1.54) is 6.42 Å². The molecule has 0 aromatic carbocycles. The van der Waals surface area contributed by atoms with Crippen molar-refractivity contribution in [2.75, 3.05) is 13.1 Å². The number of likely N-dealkylation sites (tertiary alicyclic amines) is 1. The maximum atomic E-state index is 11.9. The molecule has 14 heavy (non-hydrogen) atoms. The number of rotatable bonds is 2. The van der Waals surface area contributed by atoms with Gasteiger partial charge in [0.15, 0.2) is 0 Å². The molecule has 0 radical (unpaired) electrons. The molecular weight excluding hydrogens is 242 g/mol. The van der Waals surface area contributed by atoms with Crippen LogP contribution in [0.15, 0.2) is 0 Å². The van der Waals surface area contributed by atoms with E-state index in [4.69, 9.17) is 0 Å². The number of alkyl halides is 1. The molecular formula is C11H20BrNO. The molecule has 2 nitrogen and oxygen atoms in total. The predicted molar refractivity (Wildman–Crippen MR) is 62.6 cm³/mol. The average Bonchev–Trinajstić information content (AvgIpc) is 2.14. The van der Waals surface area contributed by atoms with E-state index in [1.54, 1.807) is 0 Å². The SMILES string of the molecule is CCC(Br)C(=O)N1CCCC(C)(C)C1. The van der Waals surface area contributed by atoms with Crippen molar-refractivity contribution in [3.63, 3.8) is 0 Å². The van der Waals surface area contributed by atoms with E-state index in [2.05, 4.69) is 29.8 Å². The third-order valence-corrected chi connectivity index (χ3v) is 3.88. The number of piperidine rings is 1. The summed E-state index contributed by atoms with van der Waals surface area (Å²) in [6, 6.07) is 0. The van der Waals surface area contributed by atoms with Crippen molar-refractivity contribution in [2.45, 2.75) is 44.9 Å². The number of hydrogen-bond donors (Lipinski definition) is 0. The smallest absolute Gasteiger partial charge is 0.236 e. The van der Waals surface area contributed by atoms with Crippen LogP contribution >= 0.6 is 15.9 Å². The van der Waals surface area contributed by atoms with E-state index < -0.39 is 0 Å². The standard InChI is InChI=1S/C11H20BrNO/c1-4-9(12)10(14)13-7-5-6-11(2,3)8-13/h9H,4-8H2,1-3H3. The summed E-state index contributed by atoms with van der Waals surface area (Å²) in [5.41, 5.74) is 0.300. The molecule has 1 unspecified atom stereocenters. The van der Waals surface area contributed by atoms with Gasteiger partial charge < -0.3 is 4.90 Å². The van der Waals surface area contributed by atoms with Gasteiger partial charge in [0.25, 0.3) is 0 Å². The van der Waals surface area contributed by atoms with Crippen LogP contribution in [0.3, 0.4) is 0 Å². The zero-order chi connectivity index (χ0) is 10.8. The van der Waals surface area contributed by atoms with Crippen LogP contribution in [0, 0.1) is 5.41 Å². The van der Waals surface area contributed by atoms with Gasteiger partial charge in [-0.05, 0) is 24.7 Å². The highest BCUT2D eigenvalue weighted by Crippen LogP contribution is 2.29. The molecule has 1 rings (SSSR count). The summed E-state index contributed by atoms with van der Waals surface area (Å²) < 4.78 is 0. The molecule has 1 heterocycles. The number of carbonyl (C=O) groups excluding carboxylic acids is 1. The second kappa shape index (κ2) is 4.65. The topological polar surface area (TPSA) is 20.3 Å². The van der Waals surface area contributed by atoms with Gasteiger partial charge in [0.05, 0.1) is 4.83 Å². The zero-order valence-electron chi connectivity index (χ0n) is 9.35. The first-order chi connectivity index (χ1) is 6.46. The Morgan fingerprint density at radius 3 is 2.71 bits per heavy atom. The van der Waals surface area contributed by atoms with Crippen molar-refractivity contribution in [3.8, 4) is 0 Å². The number of hydrogen-bond acceptors (Lipinski definition) is 1. The van der Waals surface area contributed by atoms with Crippen molar-refractivity contribution in [2.24, 2.45) is 5.41 Å². The van der Waals surface area contributed by atoms with Crippen LogP contribution in [-0.2, 0) is 4.79 Å². The van der Waals surface area contributed by atoms with Gasteiger partial charge in [-0.15, -0.1) is 0 Å². The number of amides is 1. The number of carbonyl (C=O) groups is 1. The summed E-state index contributed by atoms with van der Waals surface area (Å²) in [7, 11) is 0. The van der Waals surface area contributed by atoms with E-state index in [0.29, 0.717) is 5.41 Å². The lowest BCUT2D eigenvalue weighted by Gasteiger charge is -2.38. The highest BCUT2D eigenvalue weighted by atomic mass is 79.9. The molecule has 0 bridgehead atoms. The molecule has 1 atom stereocenters. The van der Waals surface area contributed by atoms with Gasteiger partial charge in [-0.2, -0.15) is 0 Å². The van der Waals surface area contributed by atoms with Crippen LogP contribution in [-0.4, -0.2) is 28.7 Å². The van der Waals surface area contributed by atoms with Crippen LogP contribution in [0.1, 0.15) is 40.0 Å². The van der Waals surface area contributed by atoms with Crippen LogP contribution in [0.2, 0.25) is 0 Å². The van der Waals surface area contributed by atoms with Gasteiger partial charge in [-0.3, -0.25) is 4.79 Å². The second-order valence-corrected chi connectivity index (χ2v) is 6.01. The fourth-order valence-electron chi connectivity index (χ4n) is 1.98. The Morgan fingerprint density at radius 1 is 1.57 bits per heavy atom. The second-order valence-electron chi connectivity index (χ2n) is 4.90. The van der Waals surface area contributed by atoms with Gasteiger partial charge >= 0.3 is 0 Å². The molecule has 0 spiro atoms. The van der Waals surface area contributed by atoms with Gasteiger partial charge in [-0.25, -0.2) is 0 Å². The van der Waals surface area contributed by atoms with Gasteiger partial charge in [0, 0.05) is 13.1 Å². The lowest BCUT2D eigenvalue weighted by atomic mass is 9.84. The molecule has 1 fully saturated rings. The van der Waals surface area contributed by atoms with Crippen molar-refractivity contribution in [1.29, 1.82) is 0 Å². The van der Waals surface area contributed by atoms with Crippen LogP contribution in [0.25, 0.3) is 0 Å². The minimum atomic E-state index is 0.0106. The highest BCUT2D eigenvalue weighted by molar-refractivity contribution is 9.10.